The Morgan fingerprint density at radius 1 is 1.26 bits per heavy atom. The summed E-state index contributed by atoms with van der Waals surface area (Å²) in [6.07, 6.45) is 2.59. The van der Waals surface area contributed by atoms with Gasteiger partial charge in [-0.2, -0.15) is 0 Å². The van der Waals surface area contributed by atoms with Crippen LogP contribution >= 0.6 is 0 Å². The molecule has 1 heterocycles. The standard InChI is InChI=1S/C17H26N4O2/c1-20-10-12-21(13-11-20)9-3-8-18-17(22)16-6-4-15(5-7-16)14-19-23-2/h4-7,14H,3,8-13H2,1-2H3,(H,18,22)/b19-14+. The Kier molecular flexibility index (Phi) is 7.03. The van der Waals surface area contributed by atoms with Crippen molar-refractivity contribution < 1.29 is 9.63 Å². The quantitative estimate of drug-likeness (QED) is 0.463. The highest BCUT2D eigenvalue weighted by Crippen LogP contribution is 2.03. The fourth-order valence-corrected chi connectivity index (χ4v) is 2.51. The molecule has 1 fully saturated rings. The van der Waals surface area contributed by atoms with E-state index in [1.165, 1.54) is 7.11 Å². The molecule has 1 amide bonds. The molecule has 1 aromatic carbocycles. The highest BCUT2D eigenvalue weighted by molar-refractivity contribution is 5.94. The van der Waals surface area contributed by atoms with E-state index in [2.05, 4.69) is 32.2 Å². The highest BCUT2D eigenvalue weighted by Gasteiger charge is 2.13. The Balaban J connectivity index is 1.67. The fourth-order valence-electron chi connectivity index (χ4n) is 2.51. The van der Waals surface area contributed by atoms with Gasteiger partial charge in [0.25, 0.3) is 5.91 Å². The average Bonchev–Trinajstić information content (AvgIpc) is 2.58. The van der Waals surface area contributed by atoms with Crippen molar-refractivity contribution >= 4 is 12.1 Å². The van der Waals surface area contributed by atoms with E-state index in [0.717, 1.165) is 44.7 Å². The first-order chi connectivity index (χ1) is 11.2. The molecule has 0 bridgehead atoms. The zero-order valence-corrected chi connectivity index (χ0v) is 14.0. The Labute approximate surface area is 138 Å². The minimum absolute atomic E-state index is 0.0291. The molecule has 1 aliphatic heterocycles. The monoisotopic (exact) mass is 318 g/mol. The van der Waals surface area contributed by atoms with E-state index >= 15 is 0 Å². The number of hydrogen-bond donors (Lipinski definition) is 1. The predicted molar refractivity (Wildman–Crippen MR) is 91.9 cm³/mol. The van der Waals surface area contributed by atoms with E-state index in [1.807, 2.05) is 12.1 Å². The largest absolute Gasteiger partial charge is 0.399 e. The van der Waals surface area contributed by atoms with Crippen molar-refractivity contribution in [2.24, 2.45) is 5.16 Å². The van der Waals surface area contributed by atoms with Crippen LogP contribution in [0.4, 0.5) is 0 Å². The number of oxime groups is 1. The van der Waals surface area contributed by atoms with Crippen LogP contribution in [-0.4, -0.2) is 75.3 Å². The molecule has 1 aliphatic rings. The van der Waals surface area contributed by atoms with Crippen LogP contribution in [0.3, 0.4) is 0 Å². The molecule has 0 unspecified atom stereocenters. The van der Waals surface area contributed by atoms with Crippen LogP contribution in [0.1, 0.15) is 22.3 Å². The van der Waals surface area contributed by atoms with E-state index in [0.29, 0.717) is 12.1 Å². The maximum Gasteiger partial charge on any atom is 0.251 e. The summed E-state index contributed by atoms with van der Waals surface area (Å²) in [5.41, 5.74) is 1.57. The molecule has 0 aromatic heterocycles. The molecule has 2 rings (SSSR count). The van der Waals surface area contributed by atoms with Crippen LogP contribution in [0.15, 0.2) is 29.4 Å². The van der Waals surface area contributed by atoms with Gasteiger partial charge in [-0.1, -0.05) is 17.3 Å². The molecule has 126 valence electrons. The summed E-state index contributed by atoms with van der Waals surface area (Å²) in [7, 11) is 3.66. The molecule has 1 N–H and O–H groups in total. The molecule has 6 nitrogen and oxygen atoms in total. The van der Waals surface area contributed by atoms with E-state index < -0.39 is 0 Å². The lowest BCUT2D eigenvalue weighted by molar-refractivity contribution is 0.0949. The number of nitrogens with zero attached hydrogens (tertiary/aromatic N) is 3. The van der Waals surface area contributed by atoms with Crippen molar-refractivity contribution in [1.29, 1.82) is 0 Å². The summed E-state index contributed by atoms with van der Waals surface area (Å²) in [4.78, 5) is 21.5. The van der Waals surface area contributed by atoms with Crippen molar-refractivity contribution in [2.75, 3.05) is 53.4 Å². The number of carbonyl (C=O) groups excluding carboxylic acids is 1. The zero-order valence-electron chi connectivity index (χ0n) is 14.0. The van der Waals surface area contributed by atoms with Gasteiger partial charge >= 0.3 is 0 Å². The van der Waals surface area contributed by atoms with E-state index in [9.17, 15) is 4.79 Å². The number of rotatable bonds is 7. The summed E-state index contributed by atoms with van der Waals surface area (Å²) in [5, 5.41) is 6.67. The molecule has 1 saturated heterocycles. The van der Waals surface area contributed by atoms with Gasteiger partial charge in [-0.15, -0.1) is 0 Å². The van der Waals surface area contributed by atoms with Gasteiger partial charge in [-0.05, 0) is 37.7 Å². The number of benzene rings is 1. The molecule has 0 saturated carbocycles. The van der Waals surface area contributed by atoms with E-state index in [-0.39, 0.29) is 5.91 Å². The van der Waals surface area contributed by atoms with Crippen molar-refractivity contribution in [1.82, 2.24) is 15.1 Å². The van der Waals surface area contributed by atoms with Gasteiger partial charge < -0.3 is 20.0 Å². The second kappa shape index (κ2) is 9.27. The molecule has 6 heteroatoms. The first-order valence-corrected chi connectivity index (χ1v) is 8.05. The minimum atomic E-state index is -0.0291. The van der Waals surface area contributed by atoms with Crippen molar-refractivity contribution in [3.8, 4) is 0 Å². The van der Waals surface area contributed by atoms with Gasteiger partial charge in [-0.3, -0.25) is 4.79 Å². The van der Waals surface area contributed by atoms with Gasteiger partial charge in [0.2, 0.25) is 0 Å². The van der Waals surface area contributed by atoms with Crippen LogP contribution < -0.4 is 5.32 Å². The van der Waals surface area contributed by atoms with Crippen molar-refractivity contribution in [2.45, 2.75) is 6.42 Å². The van der Waals surface area contributed by atoms with Crippen LogP contribution in [0.25, 0.3) is 0 Å². The molecule has 0 spiro atoms. The van der Waals surface area contributed by atoms with Gasteiger partial charge in [0, 0.05) is 38.3 Å². The third-order valence-corrected chi connectivity index (χ3v) is 4.01. The Morgan fingerprint density at radius 3 is 2.61 bits per heavy atom. The first kappa shape index (κ1) is 17.4. The molecule has 23 heavy (non-hydrogen) atoms. The summed E-state index contributed by atoms with van der Waals surface area (Å²) < 4.78 is 0. The van der Waals surface area contributed by atoms with Gasteiger partial charge in [0.1, 0.15) is 7.11 Å². The Bertz CT molecular complexity index is 508. The smallest absolute Gasteiger partial charge is 0.251 e. The summed E-state index contributed by atoms with van der Waals surface area (Å²) in [5.74, 6) is -0.0291. The normalized spacial score (nSPS) is 16.6. The molecular formula is C17H26N4O2. The zero-order chi connectivity index (χ0) is 16.5. The lowest BCUT2D eigenvalue weighted by Crippen LogP contribution is -2.45. The number of likely N-dealkylation sites (N-methyl/N-ethyl adjacent to an activating group) is 1. The van der Waals surface area contributed by atoms with Gasteiger partial charge in [0.15, 0.2) is 0 Å². The van der Waals surface area contributed by atoms with Crippen LogP contribution in [0, 0.1) is 0 Å². The Hall–Kier alpha value is -1.92. The molecule has 0 aliphatic carbocycles. The second-order valence-electron chi connectivity index (χ2n) is 5.79. The second-order valence-corrected chi connectivity index (χ2v) is 5.79. The number of nitrogens with one attached hydrogen (secondary N) is 1. The maximum atomic E-state index is 12.1. The lowest BCUT2D eigenvalue weighted by atomic mass is 10.1. The molecule has 0 radical (unpaired) electrons. The number of piperazine rings is 1. The number of hydrogen-bond acceptors (Lipinski definition) is 5. The third kappa shape index (κ3) is 6.00. The van der Waals surface area contributed by atoms with Crippen molar-refractivity contribution in [3.05, 3.63) is 35.4 Å². The third-order valence-electron chi connectivity index (χ3n) is 4.01. The van der Waals surface area contributed by atoms with Crippen LogP contribution in [0.5, 0.6) is 0 Å². The highest BCUT2D eigenvalue weighted by atomic mass is 16.6. The number of carbonyl (C=O) groups is 1. The van der Waals surface area contributed by atoms with Crippen LogP contribution in [0.2, 0.25) is 0 Å². The topological polar surface area (TPSA) is 57.2 Å². The lowest BCUT2D eigenvalue weighted by Gasteiger charge is -2.32. The van der Waals surface area contributed by atoms with Gasteiger partial charge in [-0.25, -0.2) is 0 Å². The summed E-state index contributed by atoms with van der Waals surface area (Å²) >= 11 is 0. The van der Waals surface area contributed by atoms with Crippen LogP contribution in [-0.2, 0) is 4.84 Å². The number of amides is 1. The first-order valence-electron chi connectivity index (χ1n) is 8.05. The maximum absolute atomic E-state index is 12.1. The molecule has 1 aromatic rings. The van der Waals surface area contributed by atoms with E-state index in [1.54, 1.807) is 18.3 Å². The summed E-state index contributed by atoms with van der Waals surface area (Å²) in [6.45, 7) is 6.25. The Morgan fingerprint density at radius 2 is 1.96 bits per heavy atom. The van der Waals surface area contributed by atoms with Crippen molar-refractivity contribution in [3.63, 3.8) is 0 Å². The average molecular weight is 318 g/mol. The fraction of sp³-hybridized carbons (Fsp3) is 0.529. The minimum Gasteiger partial charge on any atom is -0.399 e. The molecular weight excluding hydrogens is 292 g/mol. The van der Waals surface area contributed by atoms with Gasteiger partial charge in [0.05, 0.1) is 6.21 Å². The molecule has 0 atom stereocenters. The van der Waals surface area contributed by atoms with E-state index in [4.69, 9.17) is 0 Å². The summed E-state index contributed by atoms with van der Waals surface area (Å²) in [6, 6.07) is 7.29. The SMILES string of the molecule is CO/N=C/c1ccc(C(=O)NCCCN2CCN(C)CC2)cc1. The predicted octanol–water partition coefficient (Wildman–Crippen LogP) is 1.03.